The van der Waals surface area contributed by atoms with E-state index in [0.717, 1.165) is 3.97 Å². The number of carbonyl (C=O) groups is 2. The molecule has 2 aliphatic rings. The molecule has 1 unspecified atom stereocenters. The lowest BCUT2D eigenvalue weighted by molar-refractivity contribution is 0.0954. The second-order valence-electron chi connectivity index (χ2n) is 6.39. The minimum absolute atomic E-state index is 0.0682. The van der Waals surface area contributed by atoms with Crippen molar-refractivity contribution in [1.82, 2.24) is 9.29 Å². The highest BCUT2D eigenvalue weighted by molar-refractivity contribution is 7.90. The molecule has 6 nitrogen and oxygen atoms in total. The van der Waals surface area contributed by atoms with E-state index in [1.54, 1.807) is 18.2 Å². The van der Waals surface area contributed by atoms with Crippen molar-refractivity contribution in [3.8, 4) is 0 Å². The Labute approximate surface area is 145 Å². The number of hydrogen-bond donors (Lipinski definition) is 1. The average Bonchev–Trinajstić information content (AvgIpc) is 3.07. The minimum Gasteiger partial charge on any atom is -0.381 e. The number of rotatable bonds is 2. The molecule has 0 saturated carbocycles. The van der Waals surface area contributed by atoms with Gasteiger partial charge in [0, 0.05) is 18.3 Å². The predicted molar refractivity (Wildman–Crippen MR) is 90.9 cm³/mol. The van der Waals surface area contributed by atoms with E-state index in [-0.39, 0.29) is 33.6 Å². The van der Waals surface area contributed by atoms with Gasteiger partial charge in [-0.05, 0) is 30.5 Å². The Kier molecular flexibility index (Phi) is 3.43. The fraction of sp³-hybridized carbons (Fsp3) is 0.222. The molecule has 4 rings (SSSR count). The second-order valence-corrected chi connectivity index (χ2v) is 8.21. The summed E-state index contributed by atoms with van der Waals surface area (Å²) in [4.78, 5) is 25.7. The number of fused-ring (bicyclic) bond motifs is 1. The molecule has 2 aromatic rings. The first kappa shape index (κ1) is 15.8. The van der Waals surface area contributed by atoms with Gasteiger partial charge in [0.2, 0.25) is 5.78 Å². The number of Topliss-reactive ketones (excluding diaryl/α,β-unsaturated/α-hetero) is 2. The summed E-state index contributed by atoms with van der Waals surface area (Å²) in [5.74, 6) is -0.473. The van der Waals surface area contributed by atoms with Crippen LogP contribution in [-0.4, -0.2) is 30.5 Å². The van der Waals surface area contributed by atoms with Crippen LogP contribution in [0, 0.1) is 5.92 Å². The molecule has 0 amide bonds. The lowest BCUT2D eigenvalue weighted by Gasteiger charge is -2.28. The predicted octanol–water partition coefficient (Wildman–Crippen LogP) is 1.99. The number of nitrogens with zero attached hydrogens (tertiary/aromatic N) is 1. The van der Waals surface area contributed by atoms with E-state index in [1.165, 1.54) is 24.4 Å². The van der Waals surface area contributed by atoms with Gasteiger partial charge in [0.15, 0.2) is 5.78 Å². The molecule has 1 N–H and O–H groups in total. The van der Waals surface area contributed by atoms with Crippen LogP contribution in [0.4, 0.5) is 0 Å². The van der Waals surface area contributed by atoms with E-state index in [4.69, 9.17) is 0 Å². The molecule has 0 spiro atoms. The van der Waals surface area contributed by atoms with Gasteiger partial charge < -0.3 is 5.32 Å². The van der Waals surface area contributed by atoms with E-state index >= 15 is 0 Å². The number of aromatic nitrogens is 1. The van der Waals surface area contributed by atoms with Crippen LogP contribution >= 0.6 is 0 Å². The summed E-state index contributed by atoms with van der Waals surface area (Å²) >= 11 is 0. The Morgan fingerprint density at radius 2 is 1.80 bits per heavy atom. The van der Waals surface area contributed by atoms with E-state index in [2.05, 4.69) is 5.32 Å². The van der Waals surface area contributed by atoms with Crippen molar-refractivity contribution in [3.05, 3.63) is 65.1 Å². The van der Waals surface area contributed by atoms with Crippen molar-refractivity contribution in [2.24, 2.45) is 5.92 Å². The second kappa shape index (κ2) is 5.42. The Morgan fingerprint density at radius 1 is 1.08 bits per heavy atom. The van der Waals surface area contributed by atoms with Crippen molar-refractivity contribution < 1.29 is 18.0 Å². The van der Waals surface area contributed by atoms with E-state index in [1.807, 2.05) is 6.92 Å². The quantitative estimate of drug-likeness (QED) is 0.889. The number of nitrogens with one attached hydrogen (secondary N) is 1. The van der Waals surface area contributed by atoms with Gasteiger partial charge in [-0.2, -0.15) is 0 Å². The summed E-state index contributed by atoms with van der Waals surface area (Å²) < 4.78 is 26.7. The Hall–Kier alpha value is -2.67. The van der Waals surface area contributed by atoms with Gasteiger partial charge in [-0.25, -0.2) is 12.4 Å². The zero-order valence-electron chi connectivity index (χ0n) is 13.5. The van der Waals surface area contributed by atoms with Gasteiger partial charge in [0.05, 0.1) is 16.2 Å². The molecule has 2 heterocycles. The van der Waals surface area contributed by atoms with Crippen LogP contribution in [-0.2, 0) is 10.0 Å². The molecule has 1 atom stereocenters. The fourth-order valence-corrected chi connectivity index (χ4v) is 4.71. The molecular weight excluding hydrogens is 340 g/mol. The van der Waals surface area contributed by atoms with Crippen molar-refractivity contribution in [3.63, 3.8) is 0 Å². The third-order valence-corrected chi connectivity index (χ3v) is 6.28. The minimum atomic E-state index is -3.95. The molecule has 0 saturated heterocycles. The molecule has 1 aliphatic heterocycles. The summed E-state index contributed by atoms with van der Waals surface area (Å²) in [5, 5.41) is 3.00. The number of hydrogen-bond acceptors (Lipinski definition) is 5. The number of benzene rings is 1. The van der Waals surface area contributed by atoms with Gasteiger partial charge in [-0.1, -0.05) is 25.1 Å². The van der Waals surface area contributed by atoms with E-state index in [9.17, 15) is 18.0 Å². The van der Waals surface area contributed by atoms with Crippen LogP contribution < -0.4 is 5.32 Å². The van der Waals surface area contributed by atoms with Gasteiger partial charge in [0.25, 0.3) is 10.0 Å². The molecule has 128 valence electrons. The van der Waals surface area contributed by atoms with Crippen LogP contribution in [0.1, 0.15) is 34.2 Å². The lowest BCUT2D eigenvalue weighted by atomic mass is 9.84. The van der Waals surface area contributed by atoms with Crippen molar-refractivity contribution >= 4 is 21.6 Å². The largest absolute Gasteiger partial charge is 0.381 e. The number of carbonyl (C=O) groups excluding carboxylic acids is 2. The molecule has 0 bridgehead atoms. The monoisotopic (exact) mass is 356 g/mol. The van der Waals surface area contributed by atoms with Crippen LogP contribution in [0.3, 0.4) is 0 Å². The van der Waals surface area contributed by atoms with Crippen molar-refractivity contribution in [2.75, 3.05) is 6.54 Å². The number of allylic oxidation sites excluding steroid dienone is 2. The smallest absolute Gasteiger partial charge is 0.268 e. The molecule has 1 aromatic heterocycles. The Morgan fingerprint density at radius 3 is 2.52 bits per heavy atom. The summed E-state index contributed by atoms with van der Waals surface area (Å²) in [7, 11) is -3.95. The molecule has 7 heteroatoms. The highest BCUT2D eigenvalue weighted by atomic mass is 32.2. The van der Waals surface area contributed by atoms with E-state index < -0.39 is 15.8 Å². The normalized spacial score (nSPS) is 20.1. The molecule has 25 heavy (non-hydrogen) atoms. The molecule has 0 radical (unpaired) electrons. The molecule has 1 aromatic carbocycles. The third-order valence-electron chi connectivity index (χ3n) is 4.59. The Bertz CT molecular complexity index is 1030. The average molecular weight is 356 g/mol. The maximum Gasteiger partial charge on any atom is 0.268 e. The standard InChI is InChI=1S/C18H16N2O4S/c1-11-9-14-15(19-10-11)18(22)16-13(17(14)21)7-8-20(16)25(23,24)12-5-3-2-4-6-12/h2-8,11,19H,9-10H2,1H3. The van der Waals surface area contributed by atoms with Gasteiger partial charge in [0.1, 0.15) is 5.69 Å². The first-order chi connectivity index (χ1) is 11.9. The maximum atomic E-state index is 12.9. The topological polar surface area (TPSA) is 85.2 Å². The fourth-order valence-electron chi connectivity index (χ4n) is 3.34. The number of ketones is 2. The summed E-state index contributed by atoms with van der Waals surface area (Å²) in [5.41, 5.74) is 0.749. The van der Waals surface area contributed by atoms with Crippen molar-refractivity contribution in [1.29, 1.82) is 0 Å². The highest BCUT2D eigenvalue weighted by Gasteiger charge is 2.39. The summed E-state index contributed by atoms with van der Waals surface area (Å²) in [6, 6.07) is 9.27. The highest BCUT2D eigenvalue weighted by Crippen LogP contribution is 2.33. The van der Waals surface area contributed by atoms with Gasteiger partial charge in [-0.3, -0.25) is 9.59 Å². The lowest BCUT2D eigenvalue weighted by Crippen LogP contribution is -2.38. The SMILES string of the molecule is CC1CNC2=C(C1)C(=O)c1ccn(S(=O)(=O)c3ccccc3)c1C2=O. The molecular formula is C18H16N2O4S. The summed E-state index contributed by atoms with van der Waals surface area (Å²) in [6.07, 6.45) is 1.80. The van der Waals surface area contributed by atoms with E-state index in [0.29, 0.717) is 18.5 Å². The first-order valence-electron chi connectivity index (χ1n) is 7.99. The zero-order chi connectivity index (χ0) is 17.8. The summed E-state index contributed by atoms with van der Waals surface area (Å²) in [6.45, 7) is 2.58. The zero-order valence-corrected chi connectivity index (χ0v) is 14.3. The Balaban J connectivity index is 1.89. The third kappa shape index (κ3) is 2.26. The van der Waals surface area contributed by atoms with Gasteiger partial charge >= 0.3 is 0 Å². The van der Waals surface area contributed by atoms with Crippen molar-refractivity contribution in [2.45, 2.75) is 18.2 Å². The molecule has 1 aliphatic carbocycles. The molecule has 0 fully saturated rings. The van der Waals surface area contributed by atoms with Gasteiger partial charge in [-0.15, -0.1) is 0 Å². The van der Waals surface area contributed by atoms with Crippen LogP contribution in [0.25, 0.3) is 0 Å². The van der Waals surface area contributed by atoms with Crippen LogP contribution in [0.15, 0.2) is 58.8 Å². The maximum absolute atomic E-state index is 12.9. The van der Waals surface area contributed by atoms with Crippen LogP contribution in [0.5, 0.6) is 0 Å². The van der Waals surface area contributed by atoms with Crippen LogP contribution in [0.2, 0.25) is 0 Å². The first-order valence-corrected chi connectivity index (χ1v) is 9.43.